The lowest BCUT2D eigenvalue weighted by Gasteiger charge is -2.31. The van der Waals surface area contributed by atoms with Crippen LogP contribution in [0.15, 0.2) is 12.3 Å². The van der Waals surface area contributed by atoms with Crippen LogP contribution in [0.3, 0.4) is 0 Å². The summed E-state index contributed by atoms with van der Waals surface area (Å²) in [5, 5.41) is 25.0. The molecule has 108 valence electrons. The lowest BCUT2D eigenvalue weighted by atomic mass is 10.2. The van der Waals surface area contributed by atoms with Crippen LogP contribution in [0.2, 0.25) is 0 Å². The Balaban J connectivity index is 2.82. The van der Waals surface area contributed by atoms with E-state index in [1.807, 2.05) is 0 Å². The summed E-state index contributed by atoms with van der Waals surface area (Å²) in [5.41, 5.74) is 0.0523. The van der Waals surface area contributed by atoms with Gasteiger partial charge in [-0.2, -0.15) is 5.10 Å². The molecule has 19 heavy (non-hydrogen) atoms. The summed E-state index contributed by atoms with van der Waals surface area (Å²) in [7, 11) is 0. The Kier molecular flexibility index (Phi) is 5.31. The number of nitrogens with one attached hydrogen (secondary N) is 1. The van der Waals surface area contributed by atoms with E-state index < -0.39 is 17.7 Å². The van der Waals surface area contributed by atoms with Crippen molar-refractivity contribution in [2.24, 2.45) is 0 Å². The Bertz CT molecular complexity index is 382. The highest BCUT2D eigenvalue weighted by Crippen LogP contribution is 2.14. The molecule has 0 fully saturated rings. The van der Waals surface area contributed by atoms with Crippen molar-refractivity contribution in [3.63, 3.8) is 0 Å². The quantitative estimate of drug-likeness (QED) is 0.724. The number of ether oxygens (including phenoxy) is 1. The number of aromatic nitrogens is 2. The Morgan fingerprint density at radius 3 is 2.53 bits per heavy atom. The average molecular weight is 271 g/mol. The fourth-order valence-electron chi connectivity index (χ4n) is 1.47. The van der Waals surface area contributed by atoms with Gasteiger partial charge in [0.25, 0.3) is 0 Å². The largest absolute Gasteiger partial charge is 0.444 e. The molecule has 0 aliphatic rings. The first-order valence-corrected chi connectivity index (χ1v) is 6.07. The van der Waals surface area contributed by atoms with Crippen LogP contribution in [0.5, 0.6) is 0 Å². The van der Waals surface area contributed by atoms with Crippen molar-refractivity contribution < 1.29 is 19.7 Å². The first-order valence-electron chi connectivity index (χ1n) is 6.07. The predicted molar refractivity (Wildman–Crippen MR) is 68.3 cm³/mol. The maximum atomic E-state index is 12.1. The third kappa shape index (κ3) is 4.88. The van der Waals surface area contributed by atoms with E-state index in [-0.39, 0.29) is 19.8 Å². The summed E-state index contributed by atoms with van der Waals surface area (Å²) < 4.78 is 5.26. The molecule has 7 heteroatoms. The van der Waals surface area contributed by atoms with Crippen molar-refractivity contribution >= 4 is 6.09 Å². The van der Waals surface area contributed by atoms with Crippen molar-refractivity contribution in [1.29, 1.82) is 0 Å². The number of carbonyl (C=O) groups is 1. The zero-order valence-electron chi connectivity index (χ0n) is 11.5. The number of hydrogen-bond acceptors (Lipinski definition) is 5. The van der Waals surface area contributed by atoms with Gasteiger partial charge in [0.1, 0.15) is 5.60 Å². The number of aliphatic hydroxyl groups is 2. The first kappa shape index (κ1) is 15.5. The Labute approximate surface area is 112 Å². The van der Waals surface area contributed by atoms with E-state index in [1.165, 1.54) is 4.90 Å². The van der Waals surface area contributed by atoms with Gasteiger partial charge in [0.15, 0.2) is 0 Å². The van der Waals surface area contributed by atoms with Gasteiger partial charge in [-0.3, -0.25) is 10.00 Å². The molecule has 0 atom stereocenters. The second-order valence-electron chi connectivity index (χ2n) is 5.21. The molecule has 0 saturated heterocycles. The van der Waals surface area contributed by atoms with Crippen LogP contribution >= 0.6 is 0 Å². The van der Waals surface area contributed by atoms with Gasteiger partial charge in [0.2, 0.25) is 0 Å². The van der Waals surface area contributed by atoms with Crippen LogP contribution in [-0.2, 0) is 11.3 Å². The van der Waals surface area contributed by atoms with Crippen molar-refractivity contribution in [3.05, 3.63) is 18.0 Å². The minimum Gasteiger partial charge on any atom is -0.444 e. The van der Waals surface area contributed by atoms with Crippen molar-refractivity contribution in [2.45, 2.75) is 39.0 Å². The molecule has 0 aliphatic carbocycles. The van der Waals surface area contributed by atoms with E-state index in [4.69, 9.17) is 4.74 Å². The molecule has 0 aliphatic heterocycles. The number of H-pyrrole nitrogens is 1. The van der Waals surface area contributed by atoms with Gasteiger partial charge >= 0.3 is 6.09 Å². The molecule has 1 aromatic heterocycles. The zero-order chi connectivity index (χ0) is 14.5. The Morgan fingerprint density at radius 1 is 1.47 bits per heavy atom. The van der Waals surface area contributed by atoms with Gasteiger partial charge in [-0.05, 0) is 26.8 Å². The summed E-state index contributed by atoms with van der Waals surface area (Å²) in [6, 6.07) is 1.00. The summed E-state index contributed by atoms with van der Waals surface area (Å²) in [6.45, 7) is 4.76. The molecule has 1 aromatic rings. The van der Waals surface area contributed by atoms with E-state index >= 15 is 0 Å². The van der Waals surface area contributed by atoms with Gasteiger partial charge in [0.05, 0.1) is 31.5 Å². The van der Waals surface area contributed by atoms with Crippen molar-refractivity contribution in [2.75, 3.05) is 13.2 Å². The van der Waals surface area contributed by atoms with E-state index in [9.17, 15) is 15.0 Å². The summed E-state index contributed by atoms with van der Waals surface area (Å²) in [4.78, 5) is 13.4. The molecule has 0 unspecified atom stereocenters. The van der Waals surface area contributed by atoms with Crippen LogP contribution in [0.25, 0.3) is 0 Å². The van der Waals surface area contributed by atoms with Crippen LogP contribution in [0, 0.1) is 0 Å². The molecule has 3 N–H and O–H groups in total. The monoisotopic (exact) mass is 271 g/mol. The fraction of sp³-hybridized carbons (Fsp3) is 0.667. The van der Waals surface area contributed by atoms with Gasteiger partial charge in [-0.15, -0.1) is 0 Å². The minimum absolute atomic E-state index is 0.181. The molecule has 1 amide bonds. The topological polar surface area (TPSA) is 98.7 Å². The van der Waals surface area contributed by atoms with Gasteiger partial charge in [-0.25, -0.2) is 4.79 Å². The van der Waals surface area contributed by atoms with Crippen molar-refractivity contribution in [1.82, 2.24) is 15.1 Å². The highest BCUT2D eigenvalue weighted by molar-refractivity contribution is 5.68. The fourth-order valence-corrected chi connectivity index (χ4v) is 1.47. The first-order chi connectivity index (χ1) is 8.87. The van der Waals surface area contributed by atoms with Crippen molar-refractivity contribution in [3.8, 4) is 0 Å². The standard InChI is InChI=1S/C12H21N3O4/c1-12(2,3)19-11(18)15(10(7-16)8-17)6-9-4-5-13-14-9/h4-5,10,16-17H,6-8H2,1-3H3,(H,13,14). The number of hydrogen-bond donors (Lipinski definition) is 3. The molecule has 0 spiro atoms. The van der Waals surface area contributed by atoms with Gasteiger partial charge in [-0.1, -0.05) is 0 Å². The van der Waals surface area contributed by atoms with Crippen LogP contribution in [0.4, 0.5) is 4.79 Å². The number of rotatable bonds is 5. The summed E-state index contributed by atoms with van der Waals surface area (Å²) in [6.07, 6.45) is 0.977. The number of aliphatic hydroxyl groups excluding tert-OH is 2. The third-order valence-corrected chi connectivity index (χ3v) is 2.39. The lowest BCUT2D eigenvalue weighted by molar-refractivity contribution is -0.00255. The molecule has 0 aromatic carbocycles. The second-order valence-corrected chi connectivity index (χ2v) is 5.21. The lowest BCUT2D eigenvalue weighted by Crippen LogP contribution is -2.46. The minimum atomic E-state index is -0.710. The predicted octanol–water partition coefficient (Wildman–Crippen LogP) is 0.500. The van der Waals surface area contributed by atoms with Crippen LogP contribution in [-0.4, -0.2) is 56.3 Å². The summed E-state index contributed by atoms with van der Waals surface area (Å²) in [5.74, 6) is 0. The zero-order valence-corrected chi connectivity index (χ0v) is 11.5. The van der Waals surface area contributed by atoms with Gasteiger partial charge in [0, 0.05) is 6.20 Å². The Morgan fingerprint density at radius 2 is 2.11 bits per heavy atom. The molecular formula is C12H21N3O4. The van der Waals surface area contributed by atoms with E-state index in [0.29, 0.717) is 5.69 Å². The second kappa shape index (κ2) is 6.53. The van der Waals surface area contributed by atoms with E-state index in [0.717, 1.165) is 0 Å². The number of nitrogens with zero attached hydrogens (tertiary/aromatic N) is 2. The maximum absolute atomic E-state index is 12.1. The number of amides is 1. The van der Waals surface area contributed by atoms with E-state index in [2.05, 4.69) is 10.2 Å². The highest BCUT2D eigenvalue weighted by atomic mass is 16.6. The molecule has 7 nitrogen and oxygen atoms in total. The molecule has 1 rings (SSSR count). The molecule has 0 radical (unpaired) electrons. The van der Waals surface area contributed by atoms with Crippen LogP contribution in [0.1, 0.15) is 26.5 Å². The maximum Gasteiger partial charge on any atom is 0.411 e. The van der Waals surface area contributed by atoms with Gasteiger partial charge < -0.3 is 14.9 Å². The molecular weight excluding hydrogens is 250 g/mol. The molecule has 0 saturated carbocycles. The molecule has 0 bridgehead atoms. The molecule has 1 heterocycles. The summed E-state index contributed by atoms with van der Waals surface area (Å²) >= 11 is 0. The normalized spacial score (nSPS) is 11.7. The number of aromatic amines is 1. The Hall–Kier alpha value is -1.60. The SMILES string of the molecule is CC(C)(C)OC(=O)N(Cc1ccn[nH]1)C(CO)CO. The third-order valence-electron chi connectivity index (χ3n) is 2.39. The average Bonchev–Trinajstić information content (AvgIpc) is 2.79. The smallest absolute Gasteiger partial charge is 0.411 e. The highest BCUT2D eigenvalue weighted by Gasteiger charge is 2.28. The number of carbonyl (C=O) groups excluding carboxylic acids is 1. The van der Waals surface area contributed by atoms with Crippen LogP contribution < -0.4 is 0 Å². The van der Waals surface area contributed by atoms with E-state index in [1.54, 1.807) is 33.0 Å².